The lowest BCUT2D eigenvalue weighted by Crippen LogP contribution is -2.04. The minimum absolute atomic E-state index is 0.555. The SMILES string of the molecule is CCNc1cc(CC(C)C)nc2c(OC)ccc(Cl)c12. The van der Waals surface area contributed by atoms with Gasteiger partial charge in [0.1, 0.15) is 11.3 Å². The number of anilines is 1. The van der Waals surface area contributed by atoms with Crippen LogP contribution in [0.3, 0.4) is 0 Å². The van der Waals surface area contributed by atoms with Gasteiger partial charge in [0, 0.05) is 23.3 Å². The highest BCUT2D eigenvalue weighted by atomic mass is 35.5. The molecule has 0 aliphatic heterocycles. The number of ether oxygens (including phenoxy) is 1. The smallest absolute Gasteiger partial charge is 0.145 e. The molecule has 0 spiro atoms. The van der Waals surface area contributed by atoms with E-state index in [0.717, 1.165) is 41.0 Å². The van der Waals surface area contributed by atoms with Gasteiger partial charge < -0.3 is 10.1 Å². The van der Waals surface area contributed by atoms with E-state index in [4.69, 9.17) is 21.3 Å². The molecule has 0 aliphatic carbocycles. The number of pyridine rings is 1. The van der Waals surface area contributed by atoms with Crippen LogP contribution in [0.5, 0.6) is 5.75 Å². The van der Waals surface area contributed by atoms with Crippen LogP contribution >= 0.6 is 11.6 Å². The summed E-state index contributed by atoms with van der Waals surface area (Å²) in [5.74, 6) is 1.31. The lowest BCUT2D eigenvalue weighted by molar-refractivity contribution is 0.418. The Morgan fingerprint density at radius 1 is 1.35 bits per heavy atom. The number of nitrogens with one attached hydrogen (secondary N) is 1. The Balaban J connectivity index is 2.70. The summed E-state index contributed by atoms with van der Waals surface area (Å²) < 4.78 is 5.43. The first kappa shape index (κ1) is 14.9. The van der Waals surface area contributed by atoms with E-state index in [0.29, 0.717) is 10.9 Å². The van der Waals surface area contributed by atoms with Gasteiger partial charge in [0.15, 0.2) is 0 Å². The maximum Gasteiger partial charge on any atom is 0.145 e. The lowest BCUT2D eigenvalue weighted by atomic mass is 10.0. The monoisotopic (exact) mass is 292 g/mol. The van der Waals surface area contributed by atoms with E-state index in [9.17, 15) is 0 Å². The molecule has 0 saturated carbocycles. The van der Waals surface area contributed by atoms with E-state index in [1.54, 1.807) is 7.11 Å². The first-order valence-corrected chi connectivity index (χ1v) is 7.34. The summed E-state index contributed by atoms with van der Waals surface area (Å²) in [6.07, 6.45) is 0.935. The van der Waals surface area contributed by atoms with Crippen molar-refractivity contribution >= 4 is 28.2 Å². The topological polar surface area (TPSA) is 34.2 Å². The minimum Gasteiger partial charge on any atom is -0.494 e. The number of methoxy groups -OCH3 is 1. The largest absolute Gasteiger partial charge is 0.494 e. The van der Waals surface area contributed by atoms with E-state index in [1.807, 2.05) is 12.1 Å². The molecule has 20 heavy (non-hydrogen) atoms. The lowest BCUT2D eigenvalue weighted by Gasteiger charge is -2.15. The molecule has 1 heterocycles. The third-order valence-corrected chi connectivity index (χ3v) is 3.45. The summed E-state index contributed by atoms with van der Waals surface area (Å²) in [7, 11) is 1.66. The highest BCUT2D eigenvalue weighted by Crippen LogP contribution is 2.36. The van der Waals surface area contributed by atoms with E-state index >= 15 is 0 Å². The van der Waals surface area contributed by atoms with Crippen LogP contribution in [-0.4, -0.2) is 18.6 Å². The molecule has 0 bridgehead atoms. The Kier molecular flexibility index (Phi) is 4.71. The maximum absolute atomic E-state index is 6.35. The fourth-order valence-corrected chi connectivity index (χ4v) is 2.60. The molecule has 0 atom stereocenters. The van der Waals surface area contributed by atoms with Gasteiger partial charge >= 0.3 is 0 Å². The molecule has 2 aromatic rings. The van der Waals surface area contributed by atoms with Gasteiger partial charge in [0.2, 0.25) is 0 Å². The van der Waals surface area contributed by atoms with Crippen molar-refractivity contribution < 1.29 is 4.74 Å². The third kappa shape index (κ3) is 2.98. The van der Waals surface area contributed by atoms with Gasteiger partial charge in [-0.3, -0.25) is 0 Å². The van der Waals surface area contributed by atoms with Gasteiger partial charge in [-0.15, -0.1) is 0 Å². The first-order chi connectivity index (χ1) is 9.56. The van der Waals surface area contributed by atoms with Crippen molar-refractivity contribution in [3.8, 4) is 5.75 Å². The molecule has 4 heteroatoms. The second-order valence-corrected chi connectivity index (χ2v) is 5.67. The van der Waals surface area contributed by atoms with Crippen LogP contribution < -0.4 is 10.1 Å². The summed E-state index contributed by atoms with van der Waals surface area (Å²) in [5.41, 5.74) is 2.91. The molecular formula is C16H21ClN2O. The van der Waals surface area contributed by atoms with Crippen molar-refractivity contribution in [2.24, 2.45) is 5.92 Å². The molecule has 0 unspecified atom stereocenters. The van der Waals surface area contributed by atoms with Crippen LogP contribution in [0.15, 0.2) is 18.2 Å². The molecule has 0 radical (unpaired) electrons. The highest BCUT2D eigenvalue weighted by molar-refractivity contribution is 6.36. The van der Waals surface area contributed by atoms with Crippen molar-refractivity contribution in [1.29, 1.82) is 0 Å². The average molecular weight is 293 g/mol. The van der Waals surface area contributed by atoms with Gasteiger partial charge in [-0.25, -0.2) is 4.98 Å². The number of fused-ring (bicyclic) bond motifs is 1. The molecule has 2 rings (SSSR count). The Morgan fingerprint density at radius 2 is 2.10 bits per heavy atom. The molecule has 1 aromatic carbocycles. The molecule has 0 amide bonds. The van der Waals surface area contributed by atoms with E-state index in [1.165, 1.54) is 0 Å². The standard InChI is InChI=1S/C16H21ClN2O/c1-5-18-13-9-11(8-10(2)3)19-16-14(20-4)7-6-12(17)15(13)16/h6-7,9-10H,5,8H2,1-4H3,(H,18,19). The molecule has 3 nitrogen and oxygen atoms in total. The number of rotatable bonds is 5. The van der Waals surface area contributed by atoms with Crippen LogP contribution in [-0.2, 0) is 6.42 Å². The number of aromatic nitrogens is 1. The number of halogens is 1. The van der Waals surface area contributed by atoms with Gasteiger partial charge in [-0.1, -0.05) is 25.4 Å². The summed E-state index contributed by atoms with van der Waals surface area (Å²) >= 11 is 6.35. The van der Waals surface area contributed by atoms with E-state index < -0.39 is 0 Å². The molecule has 0 fully saturated rings. The second kappa shape index (κ2) is 6.31. The van der Waals surface area contributed by atoms with Crippen LogP contribution in [0.2, 0.25) is 5.02 Å². The quantitative estimate of drug-likeness (QED) is 0.879. The zero-order valence-corrected chi connectivity index (χ0v) is 13.2. The van der Waals surface area contributed by atoms with Crippen molar-refractivity contribution in [2.75, 3.05) is 19.0 Å². The number of hydrogen-bond donors (Lipinski definition) is 1. The Bertz CT molecular complexity index is 611. The summed E-state index contributed by atoms with van der Waals surface area (Å²) in [6.45, 7) is 7.29. The zero-order chi connectivity index (χ0) is 14.7. The minimum atomic E-state index is 0.555. The van der Waals surface area contributed by atoms with Crippen molar-refractivity contribution in [3.63, 3.8) is 0 Å². The number of hydrogen-bond acceptors (Lipinski definition) is 3. The second-order valence-electron chi connectivity index (χ2n) is 5.26. The average Bonchev–Trinajstić information content (AvgIpc) is 2.38. The van der Waals surface area contributed by atoms with E-state index in [2.05, 4.69) is 32.2 Å². The predicted molar refractivity (Wildman–Crippen MR) is 86.0 cm³/mol. The van der Waals surface area contributed by atoms with Gasteiger partial charge in [0.25, 0.3) is 0 Å². The Labute approximate surface area is 125 Å². The van der Waals surface area contributed by atoms with Gasteiger partial charge in [-0.2, -0.15) is 0 Å². The molecule has 0 saturated heterocycles. The molecule has 108 valence electrons. The molecule has 1 N–H and O–H groups in total. The van der Waals surface area contributed by atoms with Crippen molar-refractivity contribution in [3.05, 3.63) is 28.9 Å². The van der Waals surface area contributed by atoms with Gasteiger partial charge in [-0.05, 0) is 37.5 Å². The zero-order valence-electron chi connectivity index (χ0n) is 12.5. The molecule has 0 aliphatic rings. The maximum atomic E-state index is 6.35. The van der Waals surface area contributed by atoms with E-state index in [-0.39, 0.29) is 0 Å². The number of benzene rings is 1. The number of nitrogens with zero attached hydrogens (tertiary/aromatic N) is 1. The third-order valence-electron chi connectivity index (χ3n) is 3.13. The summed E-state index contributed by atoms with van der Waals surface area (Å²) in [5, 5.41) is 5.00. The fraction of sp³-hybridized carbons (Fsp3) is 0.438. The normalized spacial score (nSPS) is 11.1. The van der Waals surface area contributed by atoms with Crippen molar-refractivity contribution in [2.45, 2.75) is 27.2 Å². The summed E-state index contributed by atoms with van der Waals surface area (Å²) in [6, 6.07) is 5.82. The highest BCUT2D eigenvalue weighted by Gasteiger charge is 2.13. The van der Waals surface area contributed by atoms with Gasteiger partial charge in [0.05, 0.1) is 12.1 Å². The van der Waals surface area contributed by atoms with Crippen molar-refractivity contribution in [1.82, 2.24) is 4.98 Å². The van der Waals surface area contributed by atoms with Crippen LogP contribution in [0.25, 0.3) is 10.9 Å². The fourth-order valence-electron chi connectivity index (χ4n) is 2.35. The first-order valence-electron chi connectivity index (χ1n) is 6.96. The van der Waals surface area contributed by atoms with Crippen LogP contribution in [0.1, 0.15) is 26.5 Å². The Morgan fingerprint density at radius 3 is 2.70 bits per heavy atom. The molecule has 1 aromatic heterocycles. The summed E-state index contributed by atoms with van der Waals surface area (Å²) in [4.78, 5) is 4.74. The van der Waals surface area contributed by atoms with Crippen LogP contribution in [0.4, 0.5) is 5.69 Å². The Hall–Kier alpha value is -1.48. The molecular weight excluding hydrogens is 272 g/mol. The van der Waals surface area contributed by atoms with Crippen LogP contribution in [0, 0.1) is 5.92 Å². The predicted octanol–water partition coefficient (Wildman–Crippen LogP) is 4.53.